The first-order valence-electron chi connectivity index (χ1n) is 7.71. The van der Waals surface area contributed by atoms with Crippen LogP contribution in [0, 0.1) is 0 Å². The molecule has 2 atom stereocenters. The molecule has 3 aliphatic heterocycles. The van der Waals surface area contributed by atoms with Crippen molar-refractivity contribution in [1.29, 1.82) is 0 Å². The molecule has 3 aliphatic rings. The number of hydrogen-bond acceptors (Lipinski definition) is 4. The van der Waals surface area contributed by atoms with Gasteiger partial charge in [-0.3, -0.25) is 14.5 Å². The molecule has 0 N–H and O–H groups in total. The lowest BCUT2D eigenvalue weighted by atomic mass is 10.0. The Balaban J connectivity index is 1.49. The summed E-state index contributed by atoms with van der Waals surface area (Å²) in [6, 6.07) is 3.45. The molecule has 0 aliphatic carbocycles. The SMILES string of the molecule is O=C1[C@H]2CN(Cc3ccc(Cl)s3)CCN2C(=O)[C@H]2CCCN12. The van der Waals surface area contributed by atoms with E-state index < -0.39 is 0 Å². The minimum absolute atomic E-state index is 0.135. The normalized spacial score (nSPS) is 29.0. The van der Waals surface area contributed by atoms with Gasteiger partial charge in [-0.2, -0.15) is 0 Å². The van der Waals surface area contributed by atoms with Gasteiger partial charge in [0, 0.05) is 37.6 Å². The van der Waals surface area contributed by atoms with Crippen LogP contribution in [0.1, 0.15) is 17.7 Å². The van der Waals surface area contributed by atoms with E-state index in [2.05, 4.69) is 4.90 Å². The van der Waals surface area contributed by atoms with Crippen molar-refractivity contribution in [1.82, 2.24) is 14.7 Å². The fraction of sp³-hybridized carbons (Fsp3) is 0.600. The molecule has 118 valence electrons. The fourth-order valence-corrected chi connectivity index (χ4v) is 4.92. The Kier molecular flexibility index (Phi) is 3.63. The van der Waals surface area contributed by atoms with Crippen molar-refractivity contribution in [2.24, 2.45) is 0 Å². The summed E-state index contributed by atoms with van der Waals surface area (Å²) in [7, 11) is 0. The number of carbonyl (C=O) groups is 2. The molecule has 0 aromatic carbocycles. The molecule has 0 bridgehead atoms. The van der Waals surface area contributed by atoms with E-state index in [4.69, 9.17) is 11.6 Å². The number of amides is 2. The van der Waals surface area contributed by atoms with E-state index in [9.17, 15) is 9.59 Å². The molecule has 5 nitrogen and oxygen atoms in total. The highest BCUT2D eigenvalue weighted by molar-refractivity contribution is 7.16. The predicted octanol–water partition coefficient (Wildman–Crippen LogP) is 1.42. The van der Waals surface area contributed by atoms with E-state index in [1.54, 1.807) is 16.2 Å². The number of thiophene rings is 1. The summed E-state index contributed by atoms with van der Waals surface area (Å²) in [5.74, 6) is 0.289. The van der Waals surface area contributed by atoms with Crippen LogP contribution in [-0.4, -0.2) is 64.8 Å². The largest absolute Gasteiger partial charge is 0.329 e. The summed E-state index contributed by atoms with van der Waals surface area (Å²) in [5, 5.41) is 0. The van der Waals surface area contributed by atoms with Crippen LogP contribution in [0.4, 0.5) is 0 Å². The average molecular weight is 340 g/mol. The van der Waals surface area contributed by atoms with Crippen molar-refractivity contribution in [2.75, 3.05) is 26.2 Å². The second-order valence-corrected chi connectivity index (χ2v) is 7.98. The van der Waals surface area contributed by atoms with Crippen molar-refractivity contribution in [3.8, 4) is 0 Å². The smallest absolute Gasteiger partial charge is 0.247 e. The Labute approximate surface area is 138 Å². The fourth-order valence-electron chi connectivity index (χ4n) is 3.79. The second-order valence-electron chi connectivity index (χ2n) is 6.18. The second kappa shape index (κ2) is 5.51. The van der Waals surface area contributed by atoms with Crippen LogP contribution in [0.5, 0.6) is 0 Å². The third kappa shape index (κ3) is 2.33. The maximum Gasteiger partial charge on any atom is 0.247 e. The molecular weight excluding hydrogens is 322 g/mol. The predicted molar refractivity (Wildman–Crippen MR) is 84.8 cm³/mol. The Bertz CT molecular complexity index is 620. The van der Waals surface area contributed by atoms with Crippen LogP contribution >= 0.6 is 22.9 Å². The molecule has 0 saturated carbocycles. The zero-order valence-electron chi connectivity index (χ0n) is 12.2. The van der Waals surface area contributed by atoms with E-state index >= 15 is 0 Å². The van der Waals surface area contributed by atoms with E-state index in [1.807, 2.05) is 17.0 Å². The number of piperazine rings is 2. The van der Waals surface area contributed by atoms with Gasteiger partial charge >= 0.3 is 0 Å². The van der Waals surface area contributed by atoms with Crippen LogP contribution < -0.4 is 0 Å². The molecule has 1 aromatic heterocycles. The van der Waals surface area contributed by atoms with Gasteiger partial charge in [-0.25, -0.2) is 0 Å². The van der Waals surface area contributed by atoms with Gasteiger partial charge in [0.1, 0.15) is 12.1 Å². The maximum absolute atomic E-state index is 12.7. The van der Waals surface area contributed by atoms with Crippen LogP contribution in [0.3, 0.4) is 0 Å². The number of rotatable bonds is 2. The Morgan fingerprint density at radius 3 is 2.64 bits per heavy atom. The number of hydrogen-bond donors (Lipinski definition) is 0. The number of carbonyl (C=O) groups excluding carboxylic acids is 2. The quantitative estimate of drug-likeness (QED) is 0.818. The van der Waals surface area contributed by atoms with Crippen LogP contribution in [-0.2, 0) is 16.1 Å². The summed E-state index contributed by atoms with van der Waals surface area (Å²) in [4.78, 5) is 32.3. The van der Waals surface area contributed by atoms with Crippen molar-refractivity contribution >= 4 is 34.8 Å². The zero-order valence-corrected chi connectivity index (χ0v) is 13.8. The molecular formula is C15H18ClN3O2S. The van der Waals surface area contributed by atoms with Crippen molar-refractivity contribution in [3.05, 3.63) is 21.3 Å². The molecule has 3 fully saturated rings. The van der Waals surface area contributed by atoms with E-state index in [1.165, 1.54) is 4.88 Å². The minimum Gasteiger partial charge on any atom is -0.329 e. The van der Waals surface area contributed by atoms with Crippen LogP contribution in [0.2, 0.25) is 4.34 Å². The van der Waals surface area contributed by atoms with Gasteiger partial charge in [0.05, 0.1) is 4.34 Å². The average Bonchev–Trinajstić information content (AvgIpc) is 3.14. The third-order valence-corrected chi connectivity index (χ3v) is 6.08. The molecule has 0 radical (unpaired) electrons. The van der Waals surface area contributed by atoms with Crippen molar-refractivity contribution < 1.29 is 9.59 Å². The third-order valence-electron chi connectivity index (χ3n) is 4.86. The first-order chi connectivity index (χ1) is 10.6. The zero-order chi connectivity index (χ0) is 15.3. The number of fused-ring (bicyclic) bond motifs is 2. The van der Waals surface area contributed by atoms with Crippen molar-refractivity contribution in [2.45, 2.75) is 31.5 Å². The molecule has 0 unspecified atom stereocenters. The highest BCUT2D eigenvalue weighted by Crippen LogP contribution is 2.30. The lowest BCUT2D eigenvalue weighted by Gasteiger charge is -2.47. The minimum atomic E-state index is -0.300. The van der Waals surface area contributed by atoms with Crippen LogP contribution in [0.15, 0.2) is 12.1 Å². The van der Waals surface area contributed by atoms with Gasteiger partial charge in [0.15, 0.2) is 0 Å². The number of halogens is 1. The molecule has 7 heteroatoms. The van der Waals surface area contributed by atoms with Gasteiger partial charge in [-0.15, -0.1) is 11.3 Å². The molecule has 0 spiro atoms. The highest BCUT2D eigenvalue weighted by Gasteiger charge is 2.49. The molecule has 22 heavy (non-hydrogen) atoms. The molecule has 4 rings (SSSR count). The van der Waals surface area contributed by atoms with E-state index in [0.29, 0.717) is 13.1 Å². The Morgan fingerprint density at radius 1 is 1.09 bits per heavy atom. The Hall–Kier alpha value is -1.11. The summed E-state index contributed by atoms with van der Waals surface area (Å²) in [6.07, 6.45) is 1.77. The summed E-state index contributed by atoms with van der Waals surface area (Å²) in [5.41, 5.74) is 0. The lowest BCUT2D eigenvalue weighted by Crippen LogP contribution is -2.68. The first-order valence-corrected chi connectivity index (χ1v) is 8.90. The summed E-state index contributed by atoms with van der Waals surface area (Å²) in [6.45, 7) is 3.63. The van der Waals surface area contributed by atoms with Gasteiger partial charge in [0.2, 0.25) is 11.8 Å². The summed E-state index contributed by atoms with van der Waals surface area (Å²) >= 11 is 7.55. The molecule has 3 saturated heterocycles. The lowest BCUT2D eigenvalue weighted by molar-refractivity contribution is -0.163. The van der Waals surface area contributed by atoms with Gasteiger partial charge < -0.3 is 9.80 Å². The maximum atomic E-state index is 12.7. The molecule has 1 aromatic rings. The van der Waals surface area contributed by atoms with Crippen LogP contribution in [0.25, 0.3) is 0 Å². The van der Waals surface area contributed by atoms with Gasteiger partial charge in [-0.1, -0.05) is 11.6 Å². The highest BCUT2D eigenvalue weighted by atomic mass is 35.5. The molecule has 4 heterocycles. The first kappa shape index (κ1) is 14.5. The van der Waals surface area contributed by atoms with Crippen molar-refractivity contribution in [3.63, 3.8) is 0 Å². The van der Waals surface area contributed by atoms with E-state index in [0.717, 1.165) is 36.8 Å². The van der Waals surface area contributed by atoms with E-state index in [-0.39, 0.29) is 23.9 Å². The monoisotopic (exact) mass is 339 g/mol. The number of nitrogens with zero attached hydrogens (tertiary/aromatic N) is 3. The Morgan fingerprint density at radius 2 is 1.86 bits per heavy atom. The van der Waals surface area contributed by atoms with Gasteiger partial charge in [-0.05, 0) is 25.0 Å². The van der Waals surface area contributed by atoms with Gasteiger partial charge in [0.25, 0.3) is 0 Å². The summed E-state index contributed by atoms with van der Waals surface area (Å²) < 4.78 is 0.789. The topological polar surface area (TPSA) is 43.9 Å². The molecule has 2 amide bonds. The standard InChI is InChI=1S/C15H18ClN3O2S/c16-13-4-3-10(22-13)8-17-6-7-19-12(9-17)15(21)18-5-1-2-11(18)14(19)20/h3-4,11-12H,1-2,5-9H2/t11-,12-/m1/s1.